The molecule has 1 saturated carbocycles. The van der Waals surface area contributed by atoms with Crippen molar-refractivity contribution < 1.29 is 4.39 Å². The van der Waals surface area contributed by atoms with E-state index in [0.717, 1.165) is 0 Å². The van der Waals surface area contributed by atoms with E-state index in [4.69, 9.17) is 11.6 Å². The van der Waals surface area contributed by atoms with E-state index in [9.17, 15) is 4.39 Å². The van der Waals surface area contributed by atoms with Crippen LogP contribution in [0.15, 0.2) is 42.5 Å². The normalized spacial score (nSPS) is 14.4. The summed E-state index contributed by atoms with van der Waals surface area (Å²) in [7, 11) is 0. The molecule has 19 heavy (non-hydrogen) atoms. The van der Waals surface area contributed by atoms with Crippen LogP contribution in [-0.2, 0) is 6.54 Å². The van der Waals surface area contributed by atoms with Gasteiger partial charge in [-0.3, -0.25) is 0 Å². The molecule has 0 amide bonds. The largest absolute Gasteiger partial charge is 0.379 e. The molecule has 0 aromatic heterocycles. The predicted octanol–water partition coefficient (Wildman–Crippen LogP) is 4.97. The van der Waals surface area contributed by atoms with E-state index in [-0.39, 0.29) is 10.8 Å². The van der Waals surface area contributed by atoms with Crippen molar-refractivity contribution in [2.24, 2.45) is 0 Å². The van der Waals surface area contributed by atoms with Crippen LogP contribution in [0.2, 0.25) is 5.02 Å². The van der Waals surface area contributed by atoms with Crippen LogP contribution >= 0.6 is 11.6 Å². The molecule has 0 atom stereocenters. The molecule has 0 spiro atoms. The second kappa shape index (κ2) is 5.22. The Morgan fingerprint density at radius 2 is 1.89 bits per heavy atom. The van der Waals surface area contributed by atoms with Gasteiger partial charge in [0.2, 0.25) is 0 Å². The van der Waals surface area contributed by atoms with Crippen LogP contribution < -0.4 is 5.32 Å². The third-order valence-corrected chi connectivity index (χ3v) is 3.79. The fraction of sp³-hybridized carbons (Fsp3) is 0.250. The Labute approximate surface area is 117 Å². The molecule has 0 aliphatic heterocycles. The summed E-state index contributed by atoms with van der Waals surface area (Å²) in [5.74, 6) is 0.315. The number of rotatable bonds is 4. The Morgan fingerprint density at radius 1 is 1.11 bits per heavy atom. The monoisotopic (exact) mass is 275 g/mol. The maximum Gasteiger partial charge on any atom is 0.164 e. The van der Waals surface area contributed by atoms with Crippen molar-refractivity contribution in [3.8, 4) is 0 Å². The number of halogens is 2. The average Bonchev–Trinajstić information content (AvgIpc) is 3.25. The quantitative estimate of drug-likeness (QED) is 0.831. The molecule has 2 aromatic carbocycles. The van der Waals surface area contributed by atoms with Gasteiger partial charge < -0.3 is 5.32 Å². The van der Waals surface area contributed by atoms with Crippen molar-refractivity contribution in [1.29, 1.82) is 0 Å². The first-order valence-corrected chi connectivity index (χ1v) is 6.89. The summed E-state index contributed by atoms with van der Waals surface area (Å²) in [5.41, 5.74) is 3.08. The molecule has 0 radical (unpaired) electrons. The number of hydrogen-bond acceptors (Lipinski definition) is 1. The summed E-state index contributed by atoms with van der Waals surface area (Å²) in [6.45, 7) is 0.629. The summed E-state index contributed by atoms with van der Waals surface area (Å²) in [5, 5.41) is 3.29. The van der Waals surface area contributed by atoms with Gasteiger partial charge >= 0.3 is 0 Å². The Balaban J connectivity index is 1.77. The van der Waals surface area contributed by atoms with Crippen LogP contribution in [0, 0.1) is 5.82 Å². The van der Waals surface area contributed by atoms with Crippen LogP contribution in [-0.4, -0.2) is 0 Å². The van der Waals surface area contributed by atoms with Gasteiger partial charge in [0.15, 0.2) is 5.82 Å². The highest BCUT2D eigenvalue weighted by Gasteiger charge is 2.25. The molecule has 0 heterocycles. The van der Waals surface area contributed by atoms with Crippen LogP contribution in [0.4, 0.5) is 10.1 Å². The lowest BCUT2D eigenvalue weighted by Crippen LogP contribution is -2.04. The average molecular weight is 276 g/mol. The lowest BCUT2D eigenvalue weighted by Gasteiger charge is -2.12. The molecule has 98 valence electrons. The summed E-state index contributed by atoms with van der Waals surface area (Å²) in [6.07, 6.45) is 2.53. The first-order valence-electron chi connectivity index (χ1n) is 6.51. The Morgan fingerprint density at radius 3 is 2.68 bits per heavy atom. The number of hydrogen-bond donors (Lipinski definition) is 1. The fourth-order valence-electron chi connectivity index (χ4n) is 2.32. The van der Waals surface area contributed by atoms with Crippen molar-refractivity contribution in [1.82, 2.24) is 0 Å². The number of nitrogens with one attached hydrogen (secondary N) is 1. The van der Waals surface area contributed by atoms with Crippen LogP contribution in [0.5, 0.6) is 0 Å². The van der Waals surface area contributed by atoms with E-state index >= 15 is 0 Å². The summed E-state index contributed by atoms with van der Waals surface area (Å²) in [4.78, 5) is 0. The van der Waals surface area contributed by atoms with Crippen LogP contribution in [0.25, 0.3) is 0 Å². The molecular weight excluding hydrogens is 261 g/mol. The van der Waals surface area contributed by atoms with E-state index in [1.54, 1.807) is 18.2 Å². The van der Waals surface area contributed by atoms with Crippen LogP contribution in [0.1, 0.15) is 29.9 Å². The van der Waals surface area contributed by atoms with Crippen molar-refractivity contribution in [2.75, 3.05) is 5.32 Å². The zero-order valence-electron chi connectivity index (χ0n) is 10.5. The van der Waals surface area contributed by atoms with Gasteiger partial charge in [0.05, 0.1) is 10.7 Å². The van der Waals surface area contributed by atoms with Gasteiger partial charge in [-0.15, -0.1) is 0 Å². The molecule has 3 rings (SSSR count). The van der Waals surface area contributed by atoms with Gasteiger partial charge in [0, 0.05) is 6.54 Å². The predicted molar refractivity (Wildman–Crippen MR) is 77.2 cm³/mol. The molecule has 0 saturated heterocycles. The second-order valence-electron chi connectivity index (χ2n) is 4.93. The summed E-state index contributed by atoms with van der Waals surface area (Å²) in [6, 6.07) is 13.4. The molecular formula is C16H15ClFN. The minimum Gasteiger partial charge on any atom is -0.379 e. The first kappa shape index (κ1) is 12.5. The fourth-order valence-corrected chi connectivity index (χ4v) is 2.49. The highest BCUT2D eigenvalue weighted by Crippen LogP contribution is 2.41. The Hall–Kier alpha value is -1.54. The first-order chi connectivity index (χ1) is 9.25. The van der Waals surface area contributed by atoms with Crippen LogP contribution in [0.3, 0.4) is 0 Å². The molecule has 3 heteroatoms. The lowest BCUT2D eigenvalue weighted by molar-refractivity contribution is 0.630. The summed E-state index contributed by atoms with van der Waals surface area (Å²) < 4.78 is 13.8. The molecule has 1 N–H and O–H groups in total. The standard InChI is InChI=1S/C16H15ClFN/c17-14-6-3-7-15(16(14)18)19-10-12-4-1-2-5-13(12)11-8-9-11/h1-7,11,19H,8-10H2. The molecule has 1 aliphatic carbocycles. The molecule has 1 aliphatic rings. The number of benzene rings is 2. The van der Waals surface area contributed by atoms with Gasteiger partial charge in [-0.2, -0.15) is 0 Å². The van der Waals surface area contributed by atoms with Crippen molar-refractivity contribution in [2.45, 2.75) is 25.3 Å². The topological polar surface area (TPSA) is 12.0 Å². The van der Waals surface area contributed by atoms with Gasteiger partial charge in [-0.25, -0.2) is 4.39 Å². The lowest BCUT2D eigenvalue weighted by atomic mass is 10.0. The van der Waals surface area contributed by atoms with E-state index < -0.39 is 0 Å². The second-order valence-corrected chi connectivity index (χ2v) is 5.34. The van der Waals surface area contributed by atoms with E-state index in [1.807, 2.05) is 6.07 Å². The minimum atomic E-state index is -0.381. The van der Waals surface area contributed by atoms with E-state index in [1.165, 1.54) is 24.0 Å². The molecule has 1 fully saturated rings. The maximum atomic E-state index is 13.8. The number of anilines is 1. The summed E-state index contributed by atoms with van der Waals surface area (Å²) >= 11 is 5.77. The van der Waals surface area contributed by atoms with Gasteiger partial charge in [-0.1, -0.05) is 41.9 Å². The smallest absolute Gasteiger partial charge is 0.164 e. The van der Waals surface area contributed by atoms with Crippen molar-refractivity contribution in [3.63, 3.8) is 0 Å². The maximum absolute atomic E-state index is 13.8. The minimum absolute atomic E-state index is 0.153. The van der Waals surface area contributed by atoms with E-state index in [2.05, 4.69) is 23.5 Å². The van der Waals surface area contributed by atoms with Crippen molar-refractivity contribution in [3.05, 3.63) is 64.4 Å². The highest BCUT2D eigenvalue weighted by atomic mass is 35.5. The Kier molecular flexibility index (Phi) is 3.43. The highest BCUT2D eigenvalue weighted by molar-refractivity contribution is 6.31. The third kappa shape index (κ3) is 2.74. The van der Waals surface area contributed by atoms with Gasteiger partial charge in [-0.05, 0) is 42.0 Å². The third-order valence-electron chi connectivity index (χ3n) is 3.49. The molecule has 1 nitrogen and oxygen atoms in total. The van der Waals surface area contributed by atoms with Gasteiger partial charge in [0.1, 0.15) is 0 Å². The molecule has 0 bridgehead atoms. The zero-order chi connectivity index (χ0) is 13.2. The SMILES string of the molecule is Fc1c(Cl)cccc1NCc1ccccc1C1CC1. The Bertz CT molecular complexity index is 593. The molecule has 2 aromatic rings. The zero-order valence-corrected chi connectivity index (χ0v) is 11.3. The van der Waals surface area contributed by atoms with Gasteiger partial charge in [0.25, 0.3) is 0 Å². The van der Waals surface area contributed by atoms with Crippen molar-refractivity contribution >= 4 is 17.3 Å². The molecule has 0 unspecified atom stereocenters. The van der Waals surface area contributed by atoms with E-state index in [0.29, 0.717) is 18.2 Å².